The first-order chi connectivity index (χ1) is 10.7. The lowest BCUT2D eigenvalue weighted by Crippen LogP contribution is -2.08. The van der Waals surface area contributed by atoms with E-state index in [1.54, 1.807) is 30.3 Å². The molecule has 3 aromatic rings. The number of para-hydroxylation sites is 1. The Labute approximate surface area is 124 Å². The van der Waals surface area contributed by atoms with Crippen LogP contribution in [0.3, 0.4) is 0 Å². The number of nitro groups is 1. The van der Waals surface area contributed by atoms with Gasteiger partial charge in [0.25, 0.3) is 5.69 Å². The predicted octanol–water partition coefficient (Wildman–Crippen LogP) is 2.02. The van der Waals surface area contributed by atoms with Crippen LogP contribution in [-0.2, 0) is 0 Å². The summed E-state index contributed by atoms with van der Waals surface area (Å²) in [6.45, 7) is 0. The van der Waals surface area contributed by atoms with E-state index in [9.17, 15) is 10.1 Å². The molecule has 0 saturated carbocycles. The van der Waals surface area contributed by atoms with Crippen molar-refractivity contribution in [3.8, 4) is 11.3 Å². The van der Waals surface area contributed by atoms with E-state index in [1.807, 2.05) is 0 Å². The average molecular weight is 298 g/mol. The second-order valence-corrected chi connectivity index (χ2v) is 4.17. The van der Waals surface area contributed by atoms with Crippen molar-refractivity contribution in [2.75, 3.05) is 5.53 Å². The van der Waals surface area contributed by atoms with Gasteiger partial charge in [-0.05, 0) is 18.2 Å². The summed E-state index contributed by atoms with van der Waals surface area (Å²) in [7, 11) is 0. The standard InChI is InChI=1S/C13H10N6O3/c20-19(21)12-4-2-1-3-11(12)13-6-5-10(22-13)7-15-17-18-9-14-8-16-18/h1-9,17H/b15-7+. The van der Waals surface area contributed by atoms with Crippen LogP contribution in [0.4, 0.5) is 5.69 Å². The molecule has 0 unspecified atom stereocenters. The van der Waals surface area contributed by atoms with E-state index in [2.05, 4.69) is 20.7 Å². The Morgan fingerprint density at radius 1 is 1.32 bits per heavy atom. The quantitative estimate of drug-likeness (QED) is 0.438. The number of hydrazone groups is 1. The smallest absolute Gasteiger partial charge is 0.280 e. The monoisotopic (exact) mass is 298 g/mol. The molecule has 22 heavy (non-hydrogen) atoms. The van der Waals surface area contributed by atoms with Gasteiger partial charge in [0.05, 0.1) is 16.7 Å². The Hall–Kier alpha value is -3.49. The maximum absolute atomic E-state index is 11.0. The van der Waals surface area contributed by atoms with Gasteiger partial charge < -0.3 is 4.42 Å². The van der Waals surface area contributed by atoms with Crippen molar-refractivity contribution in [3.63, 3.8) is 0 Å². The number of hydrogen-bond donors (Lipinski definition) is 1. The Kier molecular flexibility index (Phi) is 3.60. The molecule has 1 N–H and O–H groups in total. The molecule has 0 saturated heterocycles. The fourth-order valence-electron chi connectivity index (χ4n) is 1.82. The third-order valence-corrected chi connectivity index (χ3v) is 2.76. The first kappa shape index (κ1) is 13.5. The summed E-state index contributed by atoms with van der Waals surface area (Å²) in [6.07, 6.45) is 4.24. The molecule has 0 fully saturated rings. The maximum Gasteiger partial charge on any atom is 0.280 e. The molecular formula is C13H10N6O3. The van der Waals surface area contributed by atoms with Crippen LogP contribution in [0.5, 0.6) is 0 Å². The molecule has 0 spiro atoms. The fraction of sp³-hybridized carbons (Fsp3) is 0. The Morgan fingerprint density at radius 2 is 2.18 bits per heavy atom. The molecule has 2 heterocycles. The zero-order chi connectivity index (χ0) is 15.4. The summed E-state index contributed by atoms with van der Waals surface area (Å²) in [5, 5.41) is 18.7. The highest BCUT2D eigenvalue weighted by molar-refractivity contribution is 5.78. The first-order valence-electron chi connectivity index (χ1n) is 6.21. The molecule has 0 atom stereocenters. The summed E-state index contributed by atoms with van der Waals surface area (Å²) in [5.41, 5.74) is 3.00. The van der Waals surface area contributed by atoms with Gasteiger partial charge in [0.15, 0.2) is 0 Å². The van der Waals surface area contributed by atoms with Gasteiger partial charge in [0.2, 0.25) is 0 Å². The van der Waals surface area contributed by atoms with Gasteiger partial charge in [-0.2, -0.15) is 10.6 Å². The molecule has 0 aliphatic heterocycles. The van der Waals surface area contributed by atoms with Crippen LogP contribution in [0.2, 0.25) is 0 Å². The minimum atomic E-state index is -0.447. The molecule has 0 aliphatic carbocycles. The highest BCUT2D eigenvalue weighted by Gasteiger charge is 2.16. The first-order valence-corrected chi connectivity index (χ1v) is 6.21. The molecule has 9 heteroatoms. The summed E-state index contributed by atoms with van der Waals surface area (Å²) < 4.78 is 5.54. The van der Waals surface area contributed by atoms with Crippen LogP contribution in [-0.4, -0.2) is 26.0 Å². The lowest BCUT2D eigenvalue weighted by atomic mass is 10.1. The van der Waals surface area contributed by atoms with Crippen molar-refractivity contribution in [1.82, 2.24) is 14.9 Å². The fourth-order valence-corrected chi connectivity index (χ4v) is 1.82. The van der Waals surface area contributed by atoms with E-state index in [1.165, 1.54) is 29.7 Å². The number of hydrogen-bond acceptors (Lipinski definition) is 7. The number of benzene rings is 1. The highest BCUT2D eigenvalue weighted by Crippen LogP contribution is 2.30. The predicted molar refractivity (Wildman–Crippen MR) is 77.8 cm³/mol. The molecule has 1 aromatic carbocycles. The second kappa shape index (κ2) is 5.87. The maximum atomic E-state index is 11.0. The number of nitrogens with zero attached hydrogens (tertiary/aromatic N) is 5. The summed E-state index contributed by atoms with van der Waals surface area (Å²) in [6, 6.07) is 9.70. The van der Waals surface area contributed by atoms with Crippen LogP contribution in [0.25, 0.3) is 11.3 Å². The van der Waals surface area contributed by atoms with Crippen LogP contribution >= 0.6 is 0 Å². The van der Waals surface area contributed by atoms with E-state index in [0.717, 1.165) is 0 Å². The zero-order valence-electron chi connectivity index (χ0n) is 11.2. The molecular weight excluding hydrogens is 288 g/mol. The van der Waals surface area contributed by atoms with Crippen molar-refractivity contribution in [2.24, 2.45) is 5.10 Å². The van der Waals surface area contributed by atoms with Gasteiger partial charge in [0.1, 0.15) is 24.2 Å². The van der Waals surface area contributed by atoms with Crippen molar-refractivity contribution < 1.29 is 9.34 Å². The van der Waals surface area contributed by atoms with Crippen LogP contribution < -0.4 is 5.53 Å². The zero-order valence-corrected chi connectivity index (χ0v) is 11.2. The Balaban J connectivity index is 1.79. The second-order valence-electron chi connectivity index (χ2n) is 4.17. The van der Waals surface area contributed by atoms with E-state index in [0.29, 0.717) is 17.1 Å². The minimum Gasteiger partial charge on any atom is -0.455 e. The van der Waals surface area contributed by atoms with Gasteiger partial charge in [-0.15, -0.1) is 9.89 Å². The van der Waals surface area contributed by atoms with Crippen LogP contribution in [0.15, 0.2) is 58.6 Å². The number of nitro benzene ring substituents is 1. The highest BCUT2D eigenvalue weighted by atomic mass is 16.6. The van der Waals surface area contributed by atoms with Crippen molar-refractivity contribution in [1.29, 1.82) is 0 Å². The minimum absolute atomic E-state index is 0.0129. The van der Waals surface area contributed by atoms with Gasteiger partial charge in [-0.25, -0.2) is 4.98 Å². The molecule has 9 nitrogen and oxygen atoms in total. The Bertz CT molecular complexity index is 809. The topological polar surface area (TPSA) is 111 Å². The summed E-state index contributed by atoms with van der Waals surface area (Å²) in [5.74, 6) is 0.843. The van der Waals surface area contributed by atoms with Gasteiger partial charge in [0, 0.05) is 6.07 Å². The van der Waals surface area contributed by atoms with E-state index < -0.39 is 4.92 Å². The van der Waals surface area contributed by atoms with Gasteiger partial charge >= 0.3 is 0 Å². The lowest BCUT2D eigenvalue weighted by Gasteiger charge is -1.98. The molecule has 0 aliphatic rings. The largest absolute Gasteiger partial charge is 0.455 e. The number of nitrogens with one attached hydrogen (secondary N) is 1. The van der Waals surface area contributed by atoms with Gasteiger partial charge in [-0.1, -0.05) is 12.1 Å². The summed E-state index contributed by atoms with van der Waals surface area (Å²) in [4.78, 5) is 15.6. The molecule has 3 rings (SSSR count). The van der Waals surface area contributed by atoms with E-state index in [4.69, 9.17) is 4.42 Å². The molecule has 2 aromatic heterocycles. The normalized spacial score (nSPS) is 10.9. The lowest BCUT2D eigenvalue weighted by molar-refractivity contribution is -0.384. The van der Waals surface area contributed by atoms with E-state index in [-0.39, 0.29) is 5.69 Å². The third kappa shape index (κ3) is 2.82. The Morgan fingerprint density at radius 3 is 2.95 bits per heavy atom. The molecule has 110 valence electrons. The number of rotatable bonds is 5. The van der Waals surface area contributed by atoms with Crippen LogP contribution in [0.1, 0.15) is 5.76 Å². The molecule has 0 amide bonds. The van der Waals surface area contributed by atoms with Crippen molar-refractivity contribution in [3.05, 3.63) is 64.9 Å². The van der Waals surface area contributed by atoms with Gasteiger partial charge in [-0.3, -0.25) is 10.1 Å². The molecule has 0 radical (unpaired) electrons. The van der Waals surface area contributed by atoms with Crippen LogP contribution in [0, 0.1) is 10.1 Å². The molecule has 0 bridgehead atoms. The third-order valence-electron chi connectivity index (χ3n) is 2.76. The SMILES string of the molecule is O=[N+]([O-])c1ccccc1-c1ccc(/C=N/Nn2cncn2)o1. The van der Waals surface area contributed by atoms with Crippen molar-refractivity contribution >= 4 is 11.9 Å². The number of furan rings is 1. The number of aromatic nitrogens is 3. The average Bonchev–Trinajstić information content (AvgIpc) is 3.19. The van der Waals surface area contributed by atoms with Crippen molar-refractivity contribution in [2.45, 2.75) is 0 Å². The van der Waals surface area contributed by atoms with E-state index >= 15 is 0 Å². The summed E-state index contributed by atoms with van der Waals surface area (Å²) >= 11 is 0.